The second-order valence-electron chi connectivity index (χ2n) is 6.00. The second kappa shape index (κ2) is 8.42. The lowest BCUT2D eigenvalue weighted by atomic mass is 10.2. The van der Waals surface area contributed by atoms with Crippen molar-refractivity contribution in [2.24, 2.45) is 4.99 Å². The van der Waals surface area contributed by atoms with Crippen LogP contribution >= 0.6 is 35.7 Å². The molecule has 2 heterocycles. The number of nitrogens with one attached hydrogen (secondary N) is 1. The molecule has 0 radical (unpaired) electrons. The highest BCUT2D eigenvalue weighted by molar-refractivity contribution is 14.0. The van der Waals surface area contributed by atoms with Crippen LogP contribution in [-0.4, -0.2) is 46.2 Å². The summed E-state index contributed by atoms with van der Waals surface area (Å²) >= 11 is 2.03. The van der Waals surface area contributed by atoms with Crippen LogP contribution in [0.4, 0.5) is 0 Å². The lowest BCUT2D eigenvalue weighted by Crippen LogP contribution is -2.50. The van der Waals surface area contributed by atoms with E-state index >= 15 is 0 Å². The quantitative estimate of drug-likeness (QED) is 0.446. The maximum Gasteiger partial charge on any atom is 0.194 e. The number of guanidine groups is 1. The average Bonchev–Trinajstić information content (AvgIpc) is 2.73. The van der Waals surface area contributed by atoms with E-state index in [4.69, 9.17) is 9.52 Å². The molecular weight excluding hydrogens is 411 g/mol. The molecule has 0 amide bonds. The third-order valence-electron chi connectivity index (χ3n) is 3.63. The zero-order valence-electron chi connectivity index (χ0n) is 14.1. The Morgan fingerprint density at radius 1 is 1.45 bits per heavy atom. The molecule has 1 N–H and O–H groups in total. The van der Waals surface area contributed by atoms with Crippen LogP contribution in [0.5, 0.6) is 0 Å². The van der Waals surface area contributed by atoms with Gasteiger partial charge in [0.05, 0.1) is 12.2 Å². The monoisotopic (exact) mass is 438 g/mol. The highest BCUT2D eigenvalue weighted by Crippen LogP contribution is 2.29. The van der Waals surface area contributed by atoms with E-state index in [0.717, 1.165) is 48.4 Å². The van der Waals surface area contributed by atoms with Crippen molar-refractivity contribution in [2.45, 2.75) is 45.9 Å². The second-order valence-corrected chi connectivity index (χ2v) is 7.80. The normalized spacial score (nSPS) is 18.0. The van der Waals surface area contributed by atoms with Crippen LogP contribution in [-0.2, 0) is 6.54 Å². The number of thioether (sulfide) groups is 1. The first-order chi connectivity index (χ1) is 9.93. The minimum absolute atomic E-state index is 0. The number of aromatic nitrogens is 1. The SMILES string of the molecule is CCNC(=NCc1c(C)noc1C)N1CCSC(C)(C)C1.I. The minimum atomic E-state index is 0. The van der Waals surface area contributed by atoms with Crippen molar-refractivity contribution in [2.75, 3.05) is 25.4 Å². The van der Waals surface area contributed by atoms with E-state index in [-0.39, 0.29) is 28.7 Å². The number of aryl methyl sites for hydroxylation is 2. The van der Waals surface area contributed by atoms with Crippen molar-refractivity contribution in [3.8, 4) is 0 Å². The molecular formula is C15H27IN4OS. The molecule has 5 nitrogen and oxygen atoms in total. The van der Waals surface area contributed by atoms with Gasteiger partial charge < -0.3 is 14.7 Å². The van der Waals surface area contributed by atoms with Gasteiger partial charge in [-0.1, -0.05) is 5.16 Å². The lowest BCUT2D eigenvalue weighted by molar-refractivity contribution is 0.375. The van der Waals surface area contributed by atoms with Crippen LogP contribution in [0, 0.1) is 13.8 Å². The van der Waals surface area contributed by atoms with E-state index in [1.54, 1.807) is 0 Å². The Morgan fingerprint density at radius 2 is 2.18 bits per heavy atom. The van der Waals surface area contributed by atoms with Gasteiger partial charge in [0.1, 0.15) is 5.76 Å². The predicted molar refractivity (Wildman–Crippen MR) is 104 cm³/mol. The molecule has 2 rings (SSSR count). The Hall–Kier alpha value is -0.440. The van der Waals surface area contributed by atoms with E-state index < -0.39 is 0 Å². The fraction of sp³-hybridized carbons (Fsp3) is 0.733. The molecule has 0 aromatic carbocycles. The van der Waals surface area contributed by atoms with Gasteiger partial charge >= 0.3 is 0 Å². The Kier molecular flexibility index (Phi) is 7.51. The summed E-state index contributed by atoms with van der Waals surface area (Å²) in [5.74, 6) is 3.00. The first-order valence-electron chi connectivity index (χ1n) is 7.52. The molecule has 1 fully saturated rings. The predicted octanol–water partition coefficient (Wildman–Crippen LogP) is 3.20. The molecule has 0 saturated carbocycles. The number of hydrogen-bond acceptors (Lipinski definition) is 4. The molecule has 1 saturated heterocycles. The summed E-state index contributed by atoms with van der Waals surface area (Å²) in [6.07, 6.45) is 0. The summed E-state index contributed by atoms with van der Waals surface area (Å²) < 4.78 is 5.48. The molecule has 22 heavy (non-hydrogen) atoms. The molecule has 7 heteroatoms. The summed E-state index contributed by atoms with van der Waals surface area (Å²) in [4.78, 5) is 7.15. The smallest absolute Gasteiger partial charge is 0.194 e. The molecule has 1 aromatic rings. The molecule has 0 bridgehead atoms. The number of nitrogens with zero attached hydrogens (tertiary/aromatic N) is 3. The van der Waals surface area contributed by atoms with Gasteiger partial charge in [0.25, 0.3) is 0 Å². The van der Waals surface area contributed by atoms with Crippen LogP contribution in [0.25, 0.3) is 0 Å². The van der Waals surface area contributed by atoms with Crippen molar-refractivity contribution in [1.82, 2.24) is 15.4 Å². The van der Waals surface area contributed by atoms with Crippen molar-refractivity contribution in [1.29, 1.82) is 0 Å². The summed E-state index contributed by atoms with van der Waals surface area (Å²) in [5, 5.41) is 7.40. The number of hydrogen-bond donors (Lipinski definition) is 1. The highest BCUT2D eigenvalue weighted by Gasteiger charge is 2.28. The molecule has 0 spiro atoms. The first kappa shape index (κ1) is 19.6. The lowest BCUT2D eigenvalue weighted by Gasteiger charge is -2.39. The third-order valence-corrected chi connectivity index (χ3v) is 4.93. The Bertz CT molecular complexity index is 496. The van der Waals surface area contributed by atoms with E-state index in [1.807, 2.05) is 25.6 Å². The molecule has 0 unspecified atom stereocenters. The molecule has 0 aliphatic carbocycles. The van der Waals surface area contributed by atoms with Gasteiger partial charge in [-0.25, -0.2) is 4.99 Å². The topological polar surface area (TPSA) is 53.7 Å². The average molecular weight is 438 g/mol. The van der Waals surface area contributed by atoms with E-state index in [2.05, 4.69) is 36.1 Å². The van der Waals surface area contributed by atoms with Crippen molar-refractivity contribution in [3.05, 3.63) is 17.0 Å². The number of aliphatic imine (C=N–C) groups is 1. The zero-order valence-corrected chi connectivity index (χ0v) is 17.2. The fourth-order valence-corrected chi connectivity index (χ4v) is 3.62. The standard InChI is InChI=1S/C15H26N4OS.HI/c1-6-16-14(19-7-8-21-15(4,5)10-19)17-9-13-11(2)18-20-12(13)3;/h6-10H2,1-5H3,(H,16,17);1H. The van der Waals surface area contributed by atoms with Crippen molar-refractivity contribution < 1.29 is 4.52 Å². The molecule has 1 aliphatic rings. The maximum absolute atomic E-state index is 5.21. The summed E-state index contributed by atoms with van der Waals surface area (Å²) in [6, 6.07) is 0. The summed E-state index contributed by atoms with van der Waals surface area (Å²) in [5.41, 5.74) is 2.03. The fourth-order valence-electron chi connectivity index (χ4n) is 2.50. The third kappa shape index (κ3) is 5.04. The zero-order chi connectivity index (χ0) is 15.5. The van der Waals surface area contributed by atoms with Gasteiger partial charge in [0.15, 0.2) is 5.96 Å². The number of halogens is 1. The van der Waals surface area contributed by atoms with Gasteiger partial charge in [-0.05, 0) is 34.6 Å². The summed E-state index contributed by atoms with van der Waals surface area (Å²) in [6.45, 7) is 14.2. The van der Waals surface area contributed by atoms with Crippen molar-refractivity contribution >= 4 is 41.7 Å². The Morgan fingerprint density at radius 3 is 2.73 bits per heavy atom. The van der Waals surface area contributed by atoms with Crippen LogP contribution in [0.2, 0.25) is 0 Å². The van der Waals surface area contributed by atoms with E-state index in [1.165, 1.54) is 0 Å². The molecule has 126 valence electrons. The number of rotatable bonds is 3. The Labute approximate surface area is 154 Å². The summed E-state index contributed by atoms with van der Waals surface area (Å²) in [7, 11) is 0. The van der Waals surface area contributed by atoms with Crippen LogP contribution < -0.4 is 5.32 Å². The van der Waals surface area contributed by atoms with Crippen LogP contribution in [0.1, 0.15) is 37.8 Å². The van der Waals surface area contributed by atoms with Gasteiger partial charge in [-0.15, -0.1) is 24.0 Å². The molecule has 1 aromatic heterocycles. The van der Waals surface area contributed by atoms with Gasteiger partial charge in [-0.2, -0.15) is 11.8 Å². The highest BCUT2D eigenvalue weighted by atomic mass is 127. The largest absolute Gasteiger partial charge is 0.361 e. The van der Waals surface area contributed by atoms with Crippen LogP contribution in [0.3, 0.4) is 0 Å². The van der Waals surface area contributed by atoms with E-state index in [0.29, 0.717) is 6.54 Å². The first-order valence-corrected chi connectivity index (χ1v) is 8.50. The van der Waals surface area contributed by atoms with Crippen molar-refractivity contribution in [3.63, 3.8) is 0 Å². The van der Waals surface area contributed by atoms with Crippen LogP contribution in [0.15, 0.2) is 9.52 Å². The maximum atomic E-state index is 5.21. The van der Waals surface area contributed by atoms with Gasteiger partial charge in [-0.3, -0.25) is 0 Å². The van der Waals surface area contributed by atoms with E-state index in [9.17, 15) is 0 Å². The van der Waals surface area contributed by atoms with Gasteiger partial charge in [0, 0.05) is 35.7 Å². The van der Waals surface area contributed by atoms with Gasteiger partial charge in [0.2, 0.25) is 0 Å². The minimum Gasteiger partial charge on any atom is -0.361 e. The molecule has 0 atom stereocenters. The Balaban J connectivity index is 0.00000242. The molecule has 1 aliphatic heterocycles.